The fourth-order valence-electron chi connectivity index (χ4n) is 5.33. The molecule has 3 aromatic rings. The average Bonchev–Trinajstić information content (AvgIpc) is 3.58. The van der Waals surface area contributed by atoms with Crippen LogP contribution in [-0.2, 0) is 16.0 Å². The van der Waals surface area contributed by atoms with Gasteiger partial charge < -0.3 is 19.5 Å². The van der Waals surface area contributed by atoms with Gasteiger partial charge in [-0.2, -0.15) is 0 Å². The van der Waals surface area contributed by atoms with Crippen molar-refractivity contribution in [1.82, 2.24) is 14.9 Å². The number of hydrogen-bond donors (Lipinski definition) is 1. The maximum Gasteiger partial charge on any atom is 0.339 e. The number of likely N-dealkylation sites (tertiary alicyclic amines) is 1. The zero-order chi connectivity index (χ0) is 23.6. The first-order valence-electron chi connectivity index (χ1n) is 11.0. The minimum atomic E-state index is -0.525. The molecule has 0 radical (unpaired) electrons. The predicted molar refractivity (Wildman–Crippen MR) is 122 cm³/mol. The van der Waals surface area contributed by atoms with Crippen molar-refractivity contribution < 1.29 is 23.9 Å². The fourth-order valence-corrected chi connectivity index (χ4v) is 5.33. The standard InChI is InChI=1S/C25H20N4O5/c1-34-25(33)13-8-17-15-5-7-29(21(15)10-22(31)23(17)26-11-13)24(32)19-9-16-14-4-6-28(12-30)20(14)3-2-18(16)27-19/h2-3,8-12,15,27H,4-7H2,1H3. The molecule has 1 aliphatic carbocycles. The Kier molecular flexibility index (Phi) is 4.41. The second kappa shape index (κ2) is 7.38. The number of carbonyl (C=O) groups is 4. The van der Waals surface area contributed by atoms with Crippen LogP contribution in [0.3, 0.4) is 0 Å². The van der Waals surface area contributed by atoms with Crippen LogP contribution in [0.2, 0.25) is 0 Å². The van der Waals surface area contributed by atoms with Crippen molar-refractivity contribution in [1.29, 1.82) is 0 Å². The highest BCUT2D eigenvalue weighted by atomic mass is 16.5. The molecule has 3 aliphatic rings. The third-order valence-corrected chi connectivity index (χ3v) is 6.94. The van der Waals surface area contributed by atoms with Crippen LogP contribution in [-0.4, -0.2) is 59.1 Å². The molecule has 170 valence electrons. The summed E-state index contributed by atoms with van der Waals surface area (Å²) in [6.45, 7) is 1.06. The summed E-state index contributed by atoms with van der Waals surface area (Å²) < 4.78 is 4.79. The molecule has 0 spiro atoms. The largest absolute Gasteiger partial charge is 0.465 e. The van der Waals surface area contributed by atoms with Gasteiger partial charge in [0, 0.05) is 53.6 Å². The van der Waals surface area contributed by atoms with E-state index in [0.29, 0.717) is 42.2 Å². The fraction of sp³-hybridized carbons (Fsp3) is 0.240. The van der Waals surface area contributed by atoms with Crippen LogP contribution in [0.25, 0.3) is 10.9 Å². The highest BCUT2D eigenvalue weighted by Crippen LogP contribution is 2.42. The molecule has 0 saturated carbocycles. The second-order valence-electron chi connectivity index (χ2n) is 8.64. The summed E-state index contributed by atoms with van der Waals surface area (Å²) >= 11 is 0. The van der Waals surface area contributed by atoms with E-state index in [2.05, 4.69) is 9.97 Å². The lowest BCUT2D eigenvalue weighted by Gasteiger charge is -2.24. The third-order valence-electron chi connectivity index (χ3n) is 6.94. The van der Waals surface area contributed by atoms with Gasteiger partial charge in [-0.3, -0.25) is 19.4 Å². The number of pyridine rings is 1. The van der Waals surface area contributed by atoms with Gasteiger partial charge in [0.2, 0.25) is 12.2 Å². The summed E-state index contributed by atoms with van der Waals surface area (Å²) in [5.41, 5.74) is 5.00. The molecule has 9 nitrogen and oxygen atoms in total. The molecule has 0 bridgehead atoms. The quantitative estimate of drug-likeness (QED) is 0.479. The van der Waals surface area contributed by atoms with Gasteiger partial charge in [-0.05, 0) is 48.2 Å². The SMILES string of the molecule is COC(=O)c1cnc2c(c1)C1CCN(C(=O)c3cc4c5c(ccc4[nH]3)N(C=O)CC5)C1=CC2=O. The monoisotopic (exact) mass is 456 g/mol. The van der Waals surface area contributed by atoms with Crippen LogP contribution < -0.4 is 4.90 Å². The first-order chi connectivity index (χ1) is 16.5. The molecule has 2 aliphatic heterocycles. The number of amides is 2. The van der Waals surface area contributed by atoms with Crippen LogP contribution >= 0.6 is 0 Å². The van der Waals surface area contributed by atoms with Crippen LogP contribution in [0.5, 0.6) is 0 Å². The molecule has 34 heavy (non-hydrogen) atoms. The Labute approximate surface area is 194 Å². The van der Waals surface area contributed by atoms with Gasteiger partial charge in [-0.1, -0.05) is 0 Å². The average molecular weight is 456 g/mol. The molecule has 1 N–H and O–H groups in total. The Morgan fingerprint density at radius 3 is 2.88 bits per heavy atom. The van der Waals surface area contributed by atoms with Crippen molar-refractivity contribution in [2.45, 2.75) is 18.8 Å². The summed E-state index contributed by atoms with van der Waals surface area (Å²) in [4.78, 5) is 60.3. The summed E-state index contributed by atoms with van der Waals surface area (Å²) in [5, 5.41) is 0.923. The highest BCUT2D eigenvalue weighted by molar-refractivity contribution is 6.08. The van der Waals surface area contributed by atoms with E-state index >= 15 is 0 Å². The number of allylic oxidation sites excluding steroid dienone is 2. The number of benzene rings is 1. The number of hydrogen-bond acceptors (Lipinski definition) is 6. The Morgan fingerprint density at radius 2 is 2.09 bits per heavy atom. The Hall–Kier alpha value is -4.27. The van der Waals surface area contributed by atoms with E-state index in [1.54, 1.807) is 15.9 Å². The lowest BCUT2D eigenvalue weighted by Crippen LogP contribution is -2.29. The molecule has 1 atom stereocenters. The molecular formula is C25H20N4O5. The van der Waals surface area contributed by atoms with E-state index in [1.807, 2.05) is 18.2 Å². The number of ether oxygens (including phenoxy) is 1. The minimum absolute atomic E-state index is 0.205. The van der Waals surface area contributed by atoms with Gasteiger partial charge in [0.1, 0.15) is 11.4 Å². The maximum absolute atomic E-state index is 13.5. The Bertz CT molecular complexity index is 1450. The third kappa shape index (κ3) is 2.83. The number of aromatic amines is 1. The maximum atomic E-state index is 13.5. The van der Waals surface area contributed by atoms with Crippen molar-refractivity contribution in [3.63, 3.8) is 0 Å². The molecule has 4 heterocycles. The van der Waals surface area contributed by atoms with Crippen LogP contribution in [0, 0.1) is 0 Å². The van der Waals surface area contributed by atoms with E-state index in [-0.39, 0.29) is 23.2 Å². The molecule has 2 amide bonds. The number of ketones is 1. The van der Waals surface area contributed by atoms with E-state index in [0.717, 1.165) is 35.0 Å². The molecule has 2 aromatic heterocycles. The van der Waals surface area contributed by atoms with Gasteiger partial charge in [0.25, 0.3) is 5.91 Å². The molecule has 1 unspecified atom stereocenters. The Morgan fingerprint density at radius 1 is 1.24 bits per heavy atom. The van der Waals surface area contributed by atoms with Gasteiger partial charge in [-0.15, -0.1) is 0 Å². The lowest BCUT2D eigenvalue weighted by atomic mass is 9.87. The summed E-state index contributed by atoms with van der Waals surface area (Å²) in [5.74, 6) is -1.25. The van der Waals surface area contributed by atoms with Crippen LogP contribution in [0.15, 0.2) is 42.2 Å². The van der Waals surface area contributed by atoms with E-state index in [1.165, 1.54) is 19.4 Å². The summed E-state index contributed by atoms with van der Waals surface area (Å²) in [6, 6.07) is 7.23. The highest BCUT2D eigenvalue weighted by Gasteiger charge is 2.40. The summed E-state index contributed by atoms with van der Waals surface area (Å²) in [7, 11) is 1.29. The zero-order valence-corrected chi connectivity index (χ0v) is 18.3. The second-order valence-corrected chi connectivity index (χ2v) is 8.64. The van der Waals surface area contributed by atoms with Crippen LogP contribution in [0.4, 0.5) is 5.69 Å². The van der Waals surface area contributed by atoms with Gasteiger partial charge in [-0.25, -0.2) is 4.79 Å². The number of fused-ring (bicyclic) bond motifs is 6. The van der Waals surface area contributed by atoms with Crippen molar-refractivity contribution in [3.8, 4) is 0 Å². The normalized spacial score (nSPS) is 18.4. The van der Waals surface area contributed by atoms with E-state index < -0.39 is 5.97 Å². The number of rotatable bonds is 3. The molecule has 1 fully saturated rings. The van der Waals surface area contributed by atoms with Crippen molar-refractivity contribution in [2.24, 2.45) is 0 Å². The smallest absolute Gasteiger partial charge is 0.339 e. The number of esters is 1. The molecule has 6 rings (SSSR count). The molecular weight excluding hydrogens is 436 g/mol. The molecule has 1 aromatic carbocycles. The van der Waals surface area contributed by atoms with Crippen LogP contribution in [0.1, 0.15) is 54.8 Å². The topological polar surface area (TPSA) is 113 Å². The zero-order valence-electron chi connectivity index (χ0n) is 18.3. The van der Waals surface area contributed by atoms with Crippen molar-refractivity contribution in [3.05, 3.63) is 70.3 Å². The number of methoxy groups -OCH3 is 1. The van der Waals surface area contributed by atoms with Crippen molar-refractivity contribution >= 4 is 40.7 Å². The van der Waals surface area contributed by atoms with Gasteiger partial charge in [0.15, 0.2) is 0 Å². The number of aromatic nitrogens is 2. The number of anilines is 1. The molecule has 9 heteroatoms. The Balaban J connectivity index is 1.35. The van der Waals surface area contributed by atoms with E-state index in [4.69, 9.17) is 4.74 Å². The van der Waals surface area contributed by atoms with E-state index in [9.17, 15) is 19.2 Å². The number of nitrogens with zero attached hydrogens (tertiary/aromatic N) is 3. The minimum Gasteiger partial charge on any atom is -0.465 e. The first-order valence-corrected chi connectivity index (χ1v) is 11.0. The van der Waals surface area contributed by atoms with Crippen molar-refractivity contribution in [2.75, 3.05) is 25.1 Å². The lowest BCUT2D eigenvalue weighted by molar-refractivity contribution is -0.107. The first kappa shape index (κ1) is 20.3. The summed E-state index contributed by atoms with van der Waals surface area (Å²) in [6.07, 6.45) is 4.99. The van der Waals surface area contributed by atoms with Gasteiger partial charge >= 0.3 is 5.97 Å². The number of carbonyl (C=O) groups excluding carboxylic acids is 4. The molecule has 1 saturated heterocycles. The van der Waals surface area contributed by atoms with Gasteiger partial charge in [0.05, 0.1) is 12.7 Å². The predicted octanol–water partition coefficient (Wildman–Crippen LogP) is 2.58. The number of H-pyrrole nitrogens is 1. The number of nitrogens with one attached hydrogen (secondary N) is 1.